The minimum absolute atomic E-state index is 0.0839. The van der Waals surface area contributed by atoms with E-state index in [9.17, 15) is 9.90 Å². The van der Waals surface area contributed by atoms with Gasteiger partial charge in [-0.15, -0.1) is 11.3 Å². The van der Waals surface area contributed by atoms with Crippen molar-refractivity contribution in [3.63, 3.8) is 0 Å². The van der Waals surface area contributed by atoms with Crippen LogP contribution in [0.25, 0.3) is 32.4 Å². The number of benzene rings is 1. The Hall–Kier alpha value is -2.71. The van der Waals surface area contributed by atoms with Gasteiger partial charge in [0.15, 0.2) is 0 Å². The van der Waals surface area contributed by atoms with E-state index < -0.39 is 0 Å². The van der Waals surface area contributed by atoms with Crippen molar-refractivity contribution < 1.29 is 5.11 Å². The van der Waals surface area contributed by atoms with Crippen molar-refractivity contribution in [2.45, 2.75) is 38.1 Å². The number of hydrogen-bond acceptors (Lipinski definition) is 6. The number of imidazole rings is 1. The van der Waals surface area contributed by atoms with Crippen LogP contribution in [0.3, 0.4) is 0 Å². The highest BCUT2D eigenvalue weighted by molar-refractivity contribution is 7.21. The second kappa shape index (κ2) is 7.40. The average molecular weight is 462 g/mol. The summed E-state index contributed by atoms with van der Waals surface area (Å²) < 4.78 is 2.35. The van der Waals surface area contributed by atoms with Crippen LogP contribution in [0.5, 0.6) is 0 Å². The SMILES string of the molecule is O=c1[nH]cnc2c(-c3ccc4c(c3)ncn4C3CCCCC3)sc(N3C[C@@H]4C(CO)[C@@H]4C3)c12. The van der Waals surface area contributed by atoms with Gasteiger partial charge in [-0.2, -0.15) is 0 Å². The molecule has 7 rings (SSSR count). The Morgan fingerprint density at radius 3 is 2.73 bits per heavy atom. The third-order valence-corrected chi connectivity index (χ3v) is 9.44. The lowest BCUT2D eigenvalue weighted by Gasteiger charge is -2.23. The van der Waals surface area contributed by atoms with Crippen LogP contribution < -0.4 is 10.5 Å². The zero-order valence-electron chi connectivity index (χ0n) is 18.4. The Kier molecular flexibility index (Phi) is 4.42. The molecular formula is C25H27N5O2S. The molecule has 3 aromatic heterocycles. The zero-order valence-corrected chi connectivity index (χ0v) is 19.2. The van der Waals surface area contributed by atoms with Crippen molar-refractivity contribution >= 4 is 38.3 Å². The largest absolute Gasteiger partial charge is 0.396 e. The summed E-state index contributed by atoms with van der Waals surface area (Å²) in [4.78, 5) is 28.3. The maximum atomic E-state index is 12.8. The topological polar surface area (TPSA) is 87.0 Å². The van der Waals surface area contributed by atoms with Gasteiger partial charge in [-0.25, -0.2) is 9.97 Å². The lowest BCUT2D eigenvalue weighted by atomic mass is 9.95. The number of H-pyrrole nitrogens is 1. The third kappa shape index (κ3) is 3.00. The maximum absolute atomic E-state index is 12.8. The summed E-state index contributed by atoms with van der Waals surface area (Å²) >= 11 is 1.66. The third-order valence-electron chi connectivity index (χ3n) is 8.16. The number of aromatic amines is 1. The van der Waals surface area contributed by atoms with E-state index in [4.69, 9.17) is 4.98 Å². The van der Waals surface area contributed by atoms with Crippen LogP contribution in [0, 0.1) is 17.8 Å². The molecule has 3 fully saturated rings. The van der Waals surface area contributed by atoms with Crippen LogP contribution in [0.1, 0.15) is 38.1 Å². The quantitative estimate of drug-likeness (QED) is 0.476. The van der Waals surface area contributed by atoms with Gasteiger partial charge in [0.2, 0.25) is 0 Å². The molecular weight excluding hydrogens is 434 g/mol. The van der Waals surface area contributed by atoms with Gasteiger partial charge in [0.1, 0.15) is 10.4 Å². The van der Waals surface area contributed by atoms with Gasteiger partial charge in [-0.1, -0.05) is 25.3 Å². The summed E-state index contributed by atoms with van der Waals surface area (Å²) in [6.07, 6.45) is 9.89. The number of aromatic nitrogens is 4. The number of aliphatic hydroxyl groups is 1. The van der Waals surface area contributed by atoms with Crippen LogP contribution in [0.2, 0.25) is 0 Å². The number of fused-ring (bicyclic) bond motifs is 3. The Labute approximate surface area is 195 Å². The summed E-state index contributed by atoms with van der Waals surface area (Å²) in [5.41, 5.74) is 3.93. The predicted octanol–water partition coefficient (Wildman–Crippen LogP) is 4.18. The van der Waals surface area contributed by atoms with Gasteiger partial charge in [-0.05, 0) is 48.3 Å². The Balaban J connectivity index is 1.30. The highest BCUT2D eigenvalue weighted by Gasteiger charge is 2.55. The van der Waals surface area contributed by atoms with E-state index in [1.165, 1.54) is 43.9 Å². The summed E-state index contributed by atoms with van der Waals surface area (Å²) in [5.74, 6) is 1.53. The number of hydrogen-bond donors (Lipinski definition) is 2. The lowest BCUT2D eigenvalue weighted by molar-refractivity contribution is 0.260. The smallest absolute Gasteiger partial charge is 0.261 e. The molecule has 8 heteroatoms. The Bertz CT molecular complexity index is 1400. The molecule has 33 heavy (non-hydrogen) atoms. The van der Waals surface area contributed by atoms with Gasteiger partial charge >= 0.3 is 0 Å². The molecule has 0 amide bonds. The van der Waals surface area contributed by atoms with Crippen molar-refractivity contribution in [1.82, 2.24) is 19.5 Å². The summed E-state index contributed by atoms with van der Waals surface area (Å²) in [7, 11) is 0. The van der Waals surface area contributed by atoms with E-state index in [0.717, 1.165) is 39.6 Å². The molecule has 1 aliphatic heterocycles. The number of rotatable bonds is 4. The Morgan fingerprint density at radius 1 is 1.12 bits per heavy atom. The lowest BCUT2D eigenvalue weighted by Crippen LogP contribution is -2.25. The molecule has 0 radical (unpaired) electrons. The highest BCUT2D eigenvalue weighted by Crippen LogP contribution is 2.54. The summed E-state index contributed by atoms with van der Waals surface area (Å²) in [6, 6.07) is 7.04. The van der Waals surface area contributed by atoms with Crippen molar-refractivity contribution in [2.24, 2.45) is 17.8 Å². The van der Waals surface area contributed by atoms with Crippen LogP contribution in [0.15, 0.2) is 35.6 Å². The molecule has 0 bridgehead atoms. The first kappa shape index (κ1) is 19.7. The van der Waals surface area contributed by atoms with Crippen LogP contribution in [0.4, 0.5) is 5.00 Å². The fourth-order valence-corrected chi connectivity index (χ4v) is 7.55. The van der Waals surface area contributed by atoms with Gasteiger partial charge in [0.25, 0.3) is 5.56 Å². The number of aliphatic hydroxyl groups excluding tert-OH is 1. The van der Waals surface area contributed by atoms with Crippen molar-refractivity contribution in [2.75, 3.05) is 24.6 Å². The molecule has 2 N–H and O–H groups in total. The van der Waals surface area contributed by atoms with Gasteiger partial charge < -0.3 is 19.6 Å². The average Bonchev–Trinajstić information content (AvgIpc) is 3.25. The number of nitrogens with zero attached hydrogens (tertiary/aromatic N) is 4. The summed E-state index contributed by atoms with van der Waals surface area (Å²) in [6.45, 7) is 2.09. The minimum atomic E-state index is -0.0839. The first-order valence-corrected chi connectivity index (χ1v) is 12.9. The van der Waals surface area contributed by atoms with E-state index in [1.54, 1.807) is 11.3 Å². The number of piperidine rings is 1. The predicted molar refractivity (Wildman–Crippen MR) is 131 cm³/mol. The van der Waals surface area contributed by atoms with Gasteiger partial charge in [0.05, 0.1) is 34.1 Å². The van der Waals surface area contributed by atoms with Crippen LogP contribution in [-0.4, -0.2) is 44.3 Å². The minimum Gasteiger partial charge on any atom is -0.396 e. The monoisotopic (exact) mass is 461 g/mol. The maximum Gasteiger partial charge on any atom is 0.261 e. The van der Waals surface area contributed by atoms with Gasteiger partial charge in [-0.3, -0.25) is 4.79 Å². The normalized spacial score (nSPS) is 25.2. The number of anilines is 1. The molecule has 0 spiro atoms. The van der Waals surface area contributed by atoms with E-state index in [2.05, 4.69) is 37.6 Å². The van der Waals surface area contributed by atoms with E-state index in [0.29, 0.717) is 29.2 Å². The van der Waals surface area contributed by atoms with Gasteiger partial charge in [0, 0.05) is 25.7 Å². The van der Waals surface area contributed by atoms with E-state index in [-0.39, 0.29) is 12.2 Å². The number of thiophene rings is 1. The molecule has 4 aromatic rings. The standard InChI is InChI=1S/C25H27N5O2S/c31-11-18-16-9-29(10-17(16)18)25-21-22(26-12-27-24(21)32)23(33-25)14-6-7-20-19(8-14)28-13-30(20)15-4-2-1-3-5-15/h6-8,12-13,15-18,31H,1-5,9-11H2,(H,26,27,32)/t16-,17+,18?. The first-order valence-electron chi connectivity index (χ1n) is 12.1. The molecule has 1 saturated heterocycles. The highest BCUT2D eigenvalue weighted by atomic mass is 32.1. The zero-order chi connectivity index (χ0) is 22.1. The molecule has 4 heterocycles. The fourth-order valence-electron chi connectivity index (χ4n) is 6.29. The number of nitrogens with one attached hydrogen (secondary N) is 1. The molecule has 170 valence electrons. The second-order valence-corrected chi connectivity index (χ2v) is 10.9. The van der Waals surface area contributed by atoms with Crippen LogP contribution >= 0.6 is 11.3 Å². The van der Waals surface area contributed by atoms with Crippen molar-refractivity contribution in [3.8, 4) is 10.4 Å². The van der Waals surface area contributed by atoms with Crippen molar-refractivity contribution in [3.05, 3.63) is 41.2 Å². The molecule has 3 aliphatic rings. The molecule has 2 aliphatic carbocycles. The van der Waals surface area contributed by atoms with Crippen molar-refractivity contribution in [1.29, 1.82) is 0 Å². The fraction of sp³-hybridized carbons (Fsp3) is 0.480. The molecule has 1 aromatic carbocycles. The molecule has 2 saturated carbocycles. The second-order valence-electron chi connectivity index (χ2n) is 9.92. The van der Waals surface area contributed by atoms with E-state index >= 15 is 0 Å². The molecule has 1 unspecified atom stereocenters. The Morgan fingerprint density at radius 2 is 1.94 bits per heavy atom. The first-order chi connectivity index (χ1) is 16.2. The summed E-state index contributed by atoms with van der Waals surface area (Å²) in [5, 5.41) is 11.2. The van der Waals surface area contributed by atoms with Crippen LogP contribution in [-0.2, 0) is 0 Å². The molecule has 3 atom stereocenters. The van der Waals surface area contributed by atoms with E-state index in [1.807, 2.05) is 6.33 Å². The molecule has 7 nitrogen and oxygen atoms in total.